The van der Waals surface area contributed by atoms with E-state index in [1.54, 1.807) is 6.07 Å². The van der Waals surface area contributed by atoms with Crippen LogP contribution in [0.3, 0.4) is 0 Å². The number of ether oxygens (including phenoxy) is 1. The number of nitrogens with zero attached hydrogens (tertiary/aromatic N) is 1. The Morgan fingerprint density at radius 3 is 2.36 bits per heavy atom. The first-order chi connectivity index (χ1) is 10.6. The molecule has 0 saturated carbocycles. The molecule has 2 rings (SSSR count). The molecule has 0 saturated heterocycles. The molecular formula is C18H23N2O2+. The largest absolute Gasteiger partial charge is 0.417 e. The molecule has 0 bridgehead atoms. The van der Waals surface area contributed by atoms with Gasteiger partial charge in [-0.1, -0.05) is 24.3 Å². The minimum atomic E-state index is -0.481. The van der Waals surface area contributed by atoms with Crippen LogP contribution in [0.5, 0.6) is 5.75 Å². The Morgan fingerprint density at radius 1 is 1.05 bits per heavy atom. The van der Waals surface area contributed by atoms with Gasteiger partial charge in [0, 0.05) is 11.8 Å². The lowest BCUT2D eigenvalue weighted by atomic mass is 10.2. The van der Waals surface area contributed by atoms with E-state index in [9.17, 15) is 4.79 Å². The molecule has 116 valence electrons. The lowest BCUT2D eigenvalue weighted by Crippen LogP contribution is -2.44. The number of anilines is 1. The predicted octanol–water partition coefficient (Wildman–Crippen LogP) is 4.27. The molecule has 0 atom stereocenters. The molecule has 0 aromatic heterocycles. The average molecular weight is 299 g/mol. The minimum absolute atomic E-state index is 0.481. The van der Waals surface area contributed by atoms with Crippen LogP contribution in [0.4, 0.5) is 16.2 Å². The first kappa shape index (κ1) is 16.0. The van der Waals surface area contributed by atoms with Crippen molar-refractivity contribution in [3.63, 3.8) is 0 Å². The average Bonchev–Trinajstić information content (AvgIpc) is 2.55. The molecule has 1 N–H and O–H groups in total. The Balaban J connectivity index is 2.09. The molecule has 2 aromatic carbocycles. The lowest BCUT2D eigenvalue weighted by Gasteiger charge is -2.31. The fourth-order valence-electron chi connectivity index (χ4n) is 2.24. The van der Waals surface area contributed by atoms with E-state index in [-0.39, 0.29) is 0 Å². The molecule has 0 radical (unpaired) electrons. The van der Waals surface area contributed by atoms with Crippen LogP contribution >= 0.6 is 0 Å². The van der Waals surface area contributed by atoms with Gasteiger partial charge in [-0.15, -0.1) is 0 Å². The number of rotatable bonds is 5. The second-order valence-electron chi connectivity index (χ2n) is 5.41. The Bertz CT molecular complexity index is 622. The first-order valence-corrected chi connectivity index (χ1v) is 7.56. The van der Waals surface area contributed by atoms with Gasteiger partial charge in [-0.05, 0) is 38.1 Å². The van der Waals surface area contributed by atoms with E-state index in [1.807, 2.05) is 42.5 Å². The van der Waals surface area contributed by atoms with Gasteiger partial charge in [-0.2, -0.15) is 0 Å². The molecule has 2 aromatic rings. The zero-order valence-corrected chi connectivity index (χ0v) is 13.4. The SMILES string of the molecule is CC[N+](C)(CC)c1cccc(OC(=O)Nc2ccccc2)c1. The van der Waals surface area contributed by atoms with E-state index < -0.39 is 6.09 Å². The second kappa shape index (κ2) is 7.09. The number of hydrogen-bond acceptors (Lipinski definition) is 2. The highest BCUT2D eigenvalue weighted by Crippen LogP contribution is 2.25. The summed E-state index contributed by atoms with van der Waals surface area (Å²) < 4.78 is 6.19. The van der Waals surface area contributed by atoms with Crippen LogP contribution in [0.25, 0.3) is 0 Å². The van der Waals surface area contributed by atoms with Gasteiger partial charge in [0.25, 0.3) is 0 Å². The number of hydrogen-bond donors (Lipinski definition) is 1. The van der Waals surface area contributed by atoms with Crippen LogP contribution in [0, 0.1) is 0 Å². The van der Waals surface area contributed by atoms with Crippen molar-refractivity contribution in [1.82, 2.24) is 4.48 Å². The number of carbonyl (C=O) groups excluding carboxylic acids is 1. The van der Waals surface area contributed by atoms with E-state index in [0.29, 0.717) is 11.4 Å². The number of amides is 1. The highest BCUT2D eigenvalue weighted by Gasteiger charge is 2.21. The third-order valence-electron chi connectivity index (χ3n) is 4.07. The summed E-state index contributed by atoms with van der Waals surface area (Å²) in [5.41, 5.74) is 1.85. The molecular weight excluding hydrogens is 276 g/mol. The standard InChI is InChI=1S/C18H22N2O2/c1-4-20(3,5-2)16-12-9-13-17(14-16)22-18(21)19-15-10-7-6-8-11-15/h6-14H,4-5H2,1-3H3/p+1. The zero-order valence-electron chi connectivity index (χ0n) is 13.4. The molecule has 22 heavy (non-hydrogen) atoms. The number of benzene rings is 2. The third kappa shape index (κ3) is 3.86. The van der Waals surface area contributed by atoms with Crippen molar-refractivity contribution in [2.75, 3.05) is 25.5 Å². The van der Waals surface area contributed by atoms with Crippen LogP contribution in [0.1, 0.15) is 13.8 Å². The molecule has 1 amide bonds. The van der Waals surface area contributed by atoms with Gasteiger partial charge < -0.3 is 4.74 Å². The highest BCUT2D eigenvalue weighted by molar-refractivity contribution is 5.86. The fraction of sp³-hybridized carbons (Fsp3) is 0.278. The monoisotopic (exact) mass is 299 g/mol. The van der Waals surface area contributed by atoms with Crippen molar-refractivity contribution in [2.45, 2.75) is 13.8 Å². The van der Waals surface area contributed by atoms with Crippen molar-refractivity contribution in [1.29, 1.82) is 0 Å². The molecule has 4 nitrogen and oxygen atoms in total. The van der Waals surface area contributed by atoms with Crippen LogP contribution < -0.4 is 14.5 Å². The maximum Gasteiger partial charge on any atom is 0.417 e. The predicted molar refractivity (Wildman–Crippen MR) is 91.3 cm³/mol. The smallest absolute Gasteiger partial charge is 0.410 e. The molecule has 0 fully saturated rings. The summed E-state index contributed by atoms with van der Waals surface area (Å²) >= 11 is 0. The van der Waals surface area contributed by atoms with Gasteiger partial charge in [-0.3, -0.25) is 9.80 Å². The van der Waals surface area contributed by atoms with Gasteiger partial charge in [0.1, 0.15) is 11.4 Å². The zero-order chi connectivity index (χ0) is 16.0. The summed E-state index contributed by atoms with van der Waals surface area (Å²) in [7, 11) is 2.17. The van der Waals surface area contributed by atoms with Crippen molar-refractivity contribution >= 4 is 17.5 Å². The number of quaternary nitrogens is 1. The summed E-state index contributed by atoms with van der Waals surface area (Å²) in [5.74, 6) is 0.553. The van der Waals surface area contributed by atoms with Gasteiger partial charge in [-0.25, -0.2) is 4.79 Å². The van der Waals surface area contributed by atoms with Crippen LogP contribution in [-0.4, -0.2) is 26.2 Å². The van der Waals surface area contributed by atoms with Crippen molar-refractivity contribution in [2.24, 2.45) is 0 Å². The summed E-state index contributed by atoms with van der Waals surface area (Å²) in [6, 6.07) is 17.0. The van der Waals surface area contributed by atoms with Crippen molar-refractivity contribution in [3.8, 4) is 5.75 Å². The molecule has 0 spiro atoms. The summed E-state index contributed by atoms with van der Waals surface area (Å²) in [6.45, 7) is 6.27. The lowest BCUT2D eigenvalue weighted by molar-refractivity contribution is 0.215. The maximum absolute atomic E-state index is 11.9. The van der Waals surface area contributed by atoms with Gasteiger partial charge in [0.05, 0.1) is 20.1 Å². The first-order valence-electron chi connectivity index (χ1n) is 7.56. The molecule has 0 unspecified atom stereocenters. The Morgan fingerprint density at radius 2 is 1.73 bits per heavy atom. The van der Waals surface area contributed by atoms with Gasteiger partial charge in [0.2, 0.25) is 0 Å². The Kier molecular flexibility index (Phi) is 5.17. The number of carbonyl (C=O) groups is 1. The molecule has 0 aliphatic rings. The Hall–Kier alpha value is -2.33. The molecule has 0 heterocycles. The molecule has 0 aliphatic carbocycles. The molecule has 0 aliphatic heterocycles. The van der Waals surface area contributed by atoms with Crippen molar-refractivity contribution in [3.05, 3.63) is 54.6 Å². The fourth-order valence-corrected chi connectivity index (χ4v) is 2.24. The Labute approximate surface area is 131 Å². The third-order valence-corrected chi connectivity index (χ3v) is 4.07. The minimum Gasteiger partial charge on any atom is -0.410 e. The van der Waals surface area contributed by atoms with E-state index >= 15 is 0 Å². The molecule has 4 heteroatoms. The number of para-hydroxylation sites is 1. The van der Waals surface area contributed by atoms with Gasteiger partial charge in [0.15, 0.2) is 0 Å². The summed E-state index contributed by atoms with van der Waals surface area (Å²) in [4.78, 5) is 11.9. The quantitative estimate of drug-likeness (QED) is 0.837. The van der Waals surface area contributed by atoms with Crippen LogP contribution in [0.15, 0.2) is 54.6 Å². The second-order valence-corrected chi connectivity index (χ2v) is 5.41. The number of nitrogens with one attached hydrogen (secondary N) is 1. The van der Waals surface area contributed by atoms with Gasteiger partial charge >= 0.3 is 6.09 Å². The van der Waals surface area contributed by atoms with Crippen molar-refractivity contribution < 1.29 is 9.53 Å². The van der Waals surface area contributed by atoms with E-state index in [0.717, 1.165) is 23.3 Å². The normalized spacial score (nSPS) is 11.0. The van der Waals surface area contributed by atoms with E-state index in [1.165, 1.54) is 0 Å². The highest BCUT2D eigenvalue weighted by atomic mass is 16.6. The topological polar surface area (TPSA) is 38.3 Å². The van der Waals surface area contributed by atoms with Crippen LogP contribution in [-0.2, 0) is 0 Å². The summed E-state index contributed by atoms with van der Waals surface area (Å²) in [5, 5.41) is 2.71. The summed E-state index contributed by atoms with van der Waals surface area (Å²) in [6.07, 6.45) is -0.481. The van der Waals surface area contributed by atoms with Crippen LogP contribution in [0.2, 0.25) is 0 Å². The van der Waals surface area contributed by atoms with E-state index in [4.69, 9.17) is 4.74 Å². The van der Waals surface area contributed by atoms with E-state index in [2.05, 4.69) is 32.3 Å². The maximum atomic E-state index is 11.9.